The number of anilines is 3. The van der Waals surface area contributed by atoms with E-state index in [1.54, 1.807) is 13.3 Å². The van der Waals surface area contributed by atoms with Gasteiger partial charge < -0.3 is 25.2 Å². The van der Waals surface area contributed by atoms with Gasteiger partial charge in [-0.15, -0.1) is 0 Å². The first-order valence-electron chi connectivity index (χ1n) is 15.5. The highest BCUT2D eigenvalue weighted by Gasteiger charge is 2.56. The molecule has 1 aromatic heterocycles. The summed E-state index contributed by atoms with van der Waals surface area (Å²) in [4.78, 5) is 39.3. The van der Waals surface area contributed by atoms with Gasteiger partial charge in [0.1, 0.15) is 22.8 Å². The molecule has 242 valence electrons. The second-order valence-electron chi connectivity index (χ2n) is 11.9. The molecule has 0 spiro atoms. The number of rotatable bonds is 9. The van der Waals surface area contributed by atoms with Crippen LogP contribution in [0.2, 0.25) is 0 Å². The molecule has 2 heterocycles. The normalized spacial score (nSPS) is 18.5. The molecular weight excluding hydrogens is 602 g/mol. The van der Waals surface area contributed by atoms with E-state index in [-0.39, 0.29) is 11.4 Å². The molecule has 1 saturated carbocycles. The monoisotopic (exact) mass is 638 g/mol. The number of nitrogens with one attached hydrogen (secondary N) is 2. The van der Waals surface area contributed by atoms with Gasteiger partial charge in [-0.05, 0) is 98.1 Å². The molecule has 1 aliphatic heterocycles. The first kappa shape index (κ1) is 31.8. The molecule has 2 N–H and O–H groups in total. The number of halogens is 2. The third kappa shape index (κ3) is 7.30. The average molecular weight is 639 g/mol. The summed E-state index contributed by atoms with van der Waals surface area (Å²) in [6, 6.07) is 13.5. The lowest BCUT2D eigenvalue weighted by Crippen LogP contribution is -2.44. The molecule has 0 bridgehead atoms. The van der Waals surface area contributed by atoms with Gasteiger partial charge >= 0.3 is 0 Å². The van der Waals surface area contributed by atoms with Crippen molar-refractivity contribution in [3.8, 4) is 5.75 Å². The molecule has 1 saturated heterocycles. The summed E-state index contributed by atoms with van der Waals surface area (Å²) in [6.07, 6.45) is 10.5. The number of carbonyl (C=O) groups is 2. The van der Waals surface area contributed by atoms with E-state index in [1.807, 2.05) is 30.5 Å². The molecule has 3 aromatic rings. The number of carbonyl (C=O) groups excluding carboxylic acids is 2. The number of nitrogens with zero attached hydrogens (tertiary/aromatic N) is 4. The number of hydrogen-bond donors (Lipinski definition) is 2. The smallest absolute Gasteiger partial charge is 0.240 e. The van der Waals surface area contributed by atoms with E-state index in [4.69, 9.17) is 9.72 Å². The minimum Gasteiger partial charge on any atom is -0.454 e. The van der Waals surface area contributed by atoms with Crippen molar-refractivity contribution < 1.29 is 23.1 Å². The maximum absolute atomic E-state index is 15.4. The van der Waals surface area contributed by atoms with Crippen LogP contribution in [-0.2, 0) is 9.59 Å². The number of hydrogen-bond acceptors (Lipinski definition) is 7. The molecule has 2 aromatic carbocycles. The maximum atomic E-state index is 15.4. The fraction of sp³-hybridized carbons (Fsp3) is 0.278. The van der Waals surface area contributed by atoms with E-state index >= 15 is 4.39 Å². The number of piperazine rings is 1. The number of pyridine rings is 1. The van der Waals surface area contributed by atoms with Crippen LogP contribution in [0.3, 0.4) is 0 Å². The Morgan fingerprint density at radius 2 is 1.66 bits per heavy atom. The van der Waals surface area contributed by atoms with Gasteiger partial charge in [0.2, 0.25) is 11.8 Å². The Morgan fingerprint density at radius 1 is 0.957 bits per heavy atom. The largest absolute Gasteiger partial charge is 0.454 e. The number of likely N-dealkylation sites (N-methyl/N-ethyl adjacent to an activating group) is 1. The Balaban J connectivity index is 1.14. The fourth-order valence-electron chi connectivity index (χ4n) is 5.50. The van der Waals surface area contributed by atoms with Crippen molar-refractivity contribution in [1.82, 2.24) is 9.88 Å². The Labute approximate surface area is 272 Å². The highest BCUT2D eigenvalue weighted by Crippen LogP contribution is 2.47. The van der Waals surface area contributed by atoms with Crippen LogP contribution in [0.5, 0.6) is 5.75 Å². The number of amides is 2. The quantitative estimate of drug-likeness (QED) is 0.226. The van der Waals surface area contributed by atoms with E-state index < -0.39 is 28.9 Å². The van der Waals surface area contributed by atoms with Crippen LogP contribution in [0, 0.1) is 17.0 Å². The zero-order chi connectivity index (χ0) is 33.0. The van der Waals surface area contributed by atoms with Crippen LogP contribution in [0.4, 0.5) is 26.0 Å². The molecule has 0 radical (unpaired) electrons. The molecule has 0 atom stereocenters. The summed E-state index contributed by atoms with van der Waals surface area (Å²) >= 11 is 0. The number of aliphatic imine (C=N–C) groups is 1. The minimum atomic E-state index is -1.27. The number of ether oxygens (including phenoxy) is 1. The topological polar surface area (TPSA) is 99.2 Å². The van der Waals surface area contributed by atoms with Crippen molar-refractivity contribution >= 4 is 40.8 Å². The van der Waals surface area contributed by atoms with Gasteiger partial charge in [0.25, 0.3) is 0 Å². The van der Waals surface area contributed by atoms with E-state index in [0.29, 0.717) is 30.7 Å². The summed E-state index contributed by atoms with van der Waals surface area (Å²) in [5.41, 5.74) is 1.95. The highest BCUT2D eigenvalue weighted by atomic mass is 19.1. The summed E-state index contributed by atoms with van der Waals surface area (Å²) < 4.78 is 34.7. The summed E-state index contributed by atoms with van der Waals surface area (Å²) in [6.45, 7) is 3.85. The lowest BCUT2D eigenvalue weighted by Gasteiger charge is -2.33. The molecule has 3 aliphatic rings. The molecule has 47 heavy (non-hydrogen) atoms. The maximum Gasteiger partial charge on any atom is 0.240 e. The van der Waals surface area contributed by atoms with Crippen LogP contribution >= 0.6 is 0 Å². The first-order chi connectivity index (χ1) is 22.7. The lowest BCUT2D eigenvalue weighted by molar-refractivity contribution is -0.131. The van der Waals surface area contributed by atoms with Crippen LogP contribution < -0.4 is 20.3 Å². The van der Waals surface area contributed by atoms with E-state index in [0.717, 1.165) is 48.7 Å². The minimum absolute atomic E-state index is 0.0198. The second-order valence-corrected chi connectivity index (χ2v) is 11.9. The average Bonchev–Trinajstić information content (AvgIpc) is 3.90. The molecule has 2 fully saturated rings. The van der Waals surface area contributed by atoms with Crippen molar-refractivity contribution in [3.63, 3.8) is 0 Å². The summed E-state index contributed by atoms with van der Waals surface area (Å²) in [5.74, 6) is -0.750. The number of benzene rings is 2. The van der Waals surface area contributed by atoms with E-state index in [9.17, 15) is 14.0 Å². The van der Waals surface area contributed by atoms with Crippen molar-refractivity contribution in [2.24, 2.45) is 10.4 Å². The van der Waals surface area contributed by atoms with Crippen LogP contribution in [-0.4, -0.2) is 68.2 Å². The zero-order valence-corrected chi connectivity index (χ0v) is 26.3. The number of aromatic nitrogens is 1. The standard InChI is InChI=1S/C36H36F2N6O3/c1-39-16-13-24-3-4-25(26-5-12-33(40-23-26)44-19-17-43(2)18-20-44)21-32(24)47-31-11-10-29(22-30(31)38)42-35(46)36(14-15-36)34(45)41-28-8-6-27(37)7-9-28/h4-13,16,21-23H,3,14-15,17-20H2,1-2H3,(H,41,45)(H,42,46)/b24-13+,39-16?. The van der Waals surface area contributed by atoms with Crippen LogP contribution in [0.1, 0.15) is 24.8 Å². The van der Waals surface area contributed by atoms with Gasteiger partial charge in [0.05, 0.1) is 0 Å². The van der Waals surface area contributed by atoms with Crippen LogP contribution in [0.15, 0.2) is 95.3 Å². The SMILES string of the molecule is CN=C/C=C1\CC=C(c2ccc(N3CCN(C)CC3)nc2)C=C1Oc1ccc(NC(=O)C2(C(=O)Nc3ccc(F)cc3)CC2)cc1F. The van der Waals surface area contributed by atoms with Gasteiger partial charge in [-0.3, -0.25) is 14.6 Å². The first-order valence-corrected chi connectivity index (χ1v) is 15.5. The second kappa shape index (κ2) is 13.7. The van der Waals surface area contributed by atoms with Gasteiger partial charge in [0.15, 0.2) is 11.6 Å². The molecular formula is C36H36F2N6O3. The Morgan fingerprint density at radius 3 is 2.30 bits per heavy atom. The zero-order valence-electron chi connectivity index (χ0n) is 26.3. The van der Waals surface area contributed by atoms with Crippen LogP contribution in [0.25, 0.3) is 5.57 Å². The molecule has 11 heteroatoms. The van der Waals surface area contributed by atoms with Gasteiger partial charge in [0, 0.05) is 68.7 Å². The highest BCUT2D eigenvalue weighted by molar-refractivity contribution is 6.16. The number of allylic oxidation sites excluding steroid dienone is 5. The Kier molecular flexibility index (Phi) is 9.26. The van der Waals surface area contributed by atoms with Gasteiger partial charge in [-0.25, -0.2) is 13.8 Å². The predicted octanol–water partition coefficient (Wildman–Crippen LogP) is 5.85. The Hall–Kier alpha value is -5.16. The molecule has 6 rings (SSSR count). The summed E-state index contributed by atoms with van der Waals surface area (Å²) in [5, 5.41) is 5.33. The van der Waals surface area contributed by atoms with Gasteiger partial charge in [-0.1, -0.05) is 6.08 Å². The molecule has 2 aliphatic carbocycles. The fourth-order valence-corrected chi connectivity index (χ4v) is 5.50. The Bertz CT molecular complexity index is 1770. The third-order valence-corrected chi connectivity index (χ3v) is 8.61. The predicted molar refractivity (Wildman–Crippen MR) is 179 cm³/mol. The molecule has 2 amide bonds. The summed E-state index contributed by atoms with van der Waals surface area (Å²) in [7, 11) is 3.79. The van der Waals surface area contributed by atoms with Crippen molar-refractivity contribution in [1.29, 1.82) is 0 Å². The van der Waals surface area contributed by atoms with E-state index in [2.05, 4.69) is 38.5 Å². The van der Waals surface area contributed by atoms with E-state index in [1.165, 1.54) is 42.5 Å². The van der Waals surface area contributed by atoms with Crippen molar-refractivity contribution in [2.75, 3.05) is 55.8 Å². The molecule has 9 nitrogen and oxygen atoms in total. The third-order valence-electron chi connectivity index (χ3n) is 8.61. The van der Waals surface area contributed by atoms with Crippen molar-refractivity contribution in [3.05, 3.63) is 108 Å². The van der Waals surface area contributed by atoms with Crippen molar-refractivity contribution in [2.45, 2.75) is 19.3 Å². The lowest BCUT2D eigenvalue weighted by atomic mass is 9.96. The van der Waals surface area contributed by atoms with Gasteiger partial charge in [-0.2, -0.15) is 0 Å². The molecule has 0 unspecified atom stereocenters.